The Morgan fingerprint density at radius 2 is 1.42 bits per heavy atom. The highest BCUT2D eigenvalue weighted by molar-refractivity contribution is 5.69. The molecule has 0 amide bonds. The quantitative estimate of drug-likeness (QED) is 0.201. The molecule has 2 N–H and O–H groups in total. The van der Waals surface area contributed by atoms with Gasteiger partial charge in [0.15, 0.2) is 0 Å². The number of esters is 2. The molecule has 0 saturated heterocycles. The minimum Gasteiger partial charge on any atom is -0.463 e. The maximum absolute atomic E-state index is 11.6. The van der Waals surface area contributed by atoms with Crippen LogP contribution in [0.2, 0.25) is 0 Å². The van der Waals surface area contributed by atoms with Gasteiger partial charge in [0.25, 0.3) is 0 Å². The highest BCUT2D eigenvalue weighted by atomic mass is 16.6. The Hall–Kier alpha value is -2.44. The van der Waals surface area contributed by atoms with Gasteiger partial charge in [0.1, 0.15) is 19.3 Å². The second-order valence-corrected chi connectivity index (χ2v) is 6.94. The highest BCUT2D eigenvalue weighted by Gasteiger charge is 2.11. The van der Waals surface area contributed by atoms with E-state index in [-0.39, 0.29) is 19.6 Å². The van der Waals surface area contributed by atoms with Crippen LogP contribution in [0.4, 0.5) is 0 Å². The average Bonchev–Trinajstić information content (AvgIpc) is 2.74. The van der Waals surface area contributed by atoms with Crippen molar-refractivity contribution in [2.75, 3.05) is 13.2 Å². The van der Waals surface area contributed by atoms with Crippen LogP contribution in [-0.4, -0.2) is 47.6 Å². The van der Waals surface area contributed by atoms with Gasteiger partial charge < -0.3 is 19.7 Å². The number of hydrogen-bond acceptors (Lipinski definition) is 6. The zero-order valence-corrected chi connectivity index (χ0v) is 18.8. The average molecular weight is 435 g/mol. The molecule has 2 atom stereocenters. The molecule has 0 aliphatic heterocycles. The molecule has 0 bridgehead atoms. The van der Waals surface area contributed by atoms with Crippen LogP contribution in [0.15, 0.2) is 60.8 Å². The third kappa shape index (κ3) is 22.1. The summed E-state index contributed by atoms with van der Waals surface area (Å²) in [6.07, 6.45) is 23.4. The largest absolute Gasteiger partial charge is 0.463 e. The summed E-state index contributed by atoms with van der Waals surface area (Å²) in [4.78, 5) is 22.2. The number of carbonyl (C=O) groups excluding carboxylic acids is 2. The van der Waals surface area contributed by atoms with Gasteiger partial charge in [-0.25, -0.2) is 0 Å². The van der Waals surface area contributed by atoms with Crippen LogP contribution >= 0.6 is 0 Å². The molecule has 6 nitrogen and oxygen atoms in total. The second-order valence-electron chi connectivity index (χ2n) is 6.94. The van der Waals surface area contributed by atoms with E-state index >= 15 is 0 Å². The van der Waals surface area contributed by atoms with E-state index in [1.807, 2.05) is 12.2 Å². The number of ether oxygens (including phenoxy) is 2. The second kappa shape index (κ2) is 20.8. The molecule has 0 spiro atoms. The highest BCUT2D eigenvalue weighted by Crippen LogP contribution is 2.04. The summed E-state index contributed by atoms with van der Waals surface area (Å²) in [5, 5.41) is 19.4. The smallest absolute Gasteiger partial charge is 0.305 e. The van der Waals surface area contributed by atoms with E-state index in [4.69, 9.17) is 4.74 Å². The predicted octanol–water partition coefficient (Wildman–Crippen LogP) is 4.35. The van der Waals surface area contributed by atoms with Gasteiger partial charge in [0.2, 0.25) is 0 Å². The van der Waals surface area contributed by atoms with Crippen molar-refractivity contribution < 1.29 is 29.3 Å². The van der Waals surface area contributed by atoms with Gasteiger partial charge in [-0.05, 0) is 38.5 Å². The van der Waals surface area contributed by atoms with Crippen molar-refractivity contribution in [2.24, 2.45) is 0 Å². The van der Waals surface area contributed by atoms with E-state index in [1.165, 1.54) is 6.92 Å². The molecular formula is C25H38O6. The summed E-state index contributed by atoms with van der Waals surface area (Å²) >= 11 is 0. The Morgan fingerprint density at radius 1 is 0.839 bits per heavy atom. The molecule has 31 heavy (non-hydrogen) atoms. The van der Waals surface area contributed by atoms with E-state index in [9.17, 15) is 19.8 Å². The maximum Gasteiger partial charge on any atom is 0.305 e. The van der Waals surface area contributed by atoms with E-state index in [2.05, 4.69) is 48.1 Å². The lowest BCUT2D eigenvalue weighted by Crippen LogP contribution is -2.24. The fourth-order valence-corrected chi connectivity index (χ4v) is 2.31. The van der Waals surface area contributed by atoms with Gasteiger partial charge in [-0.3, -0.25) is 9.59 Å². The molecule has 0 radical (unpaired) electrons. The van der Waals surface area contributed by atoms with Gasteiger partial charge in [-0.15, -0.1) is 0 Å². The third-order valence-electron chi connectivity index (χ3n) is 3.93. The monoisotopic (exact) mass is 434 g/mol. The van der Waals surface area contributed by atoms with Gasteiger partial charge in [-0.2, -0.15) is 0 Å². The van der Waals surface area contributed by atoms with Crippen molar-refractivity contribution in [1.82, 2.24) is 0 Å². The molecule has 0 rings (SSSR count). The van der Waals surface area contributed by atoms with Crippen LogP contribution in [0.3, 0.4) is 0 Å². The number of aliphatic hydroxyl groups is 2. The first-order valence-corrected chi connectivity index (χ1v) is 10.9. The minimum absolute atomic E-state index is 0.148. The molecule has 0 saturated carbocycles. The Bertz CT molecular complexity index is 616. The number of carbonyl (C=O) groups is 2. The van der Waals surface area contributed by atoms with Crippen molar-refractivity contribution in [3.63, 3.8) is 0 Å². The van der Waals surface area contributed by atoms with Crippen LogP contribution < -0.4 is 0 Å². The molecule has 0 aromatic rings. The Balaban J connectivity index is 3.77. The molecule has 0 aromatic heterocycles. The summed E-state index contributed by atoms with van der Waals surface area (Å²) < 4.78 is 9.51. The van der Waals surface area contributed by atoms with Crippen LogP contribution in [0.25, 0.3) is 0 Å². The zero-order chi connectivity index (χ0) is 23.2. The summed E-state index contributed by atoms with van der Waals surface area (Å²) in [5.74, 6) is -0.963. The fourth-order valence-electron chi connectivity index (χ4n) is 2.31. The normalized spacial score (nSPS) is 14.3. The van der Waals surface area contributed by atoms with E-state index in [0.717, 1.165) is 25.7 Å². The van der Waals surface area contributed by atoms with Crippen molar-refractivity contribution in [3.8, 4) is 0 Å². The first-order chi connectivity index (χ1) is 15.0. The van der Waals surface area contributed by atoms with Gasteiger partial charge in [-0.1, -0.05) is 67.7 Å². The van der Waals surface area contributed by atoms with Crippen molar-refractivity contribution >= 4 is 11.9 Å². The number of allylic oxidation sites excluding steroid dienone is 9. The lowest BCUT2D eigenvalue weighted by Gasteiger charge is -2.11. The topological polar surface area (TPSA) is 93.1 Å². The molecular weight excluding hydrogens is 396 g/mol. The van der Waals surface area contributed by atoms with Crippen LogP contribution in [0.1, 0.15) is 58.8 Å². The minimum atomic E-state index is -1.03. The number of rotatable bonds is 17. The maximum atomic E-state index is 11.6. The lowest BCUT2D eigenvalue weighted by atomic mass is 10.1. The van der Waals surface area contributed by atoms with Gasteiger partial charge >= 0.3 is 11.9 Å². The summed E-state index contributed by atoms with van der Waals surface area (Å²) in [7, 11) is 0. The SMILES string of the molecule is CC/C=C\C/C=C\C/C=C\C/C=C\C=C\C(O)CCCC(=O)OC[C@H](O)COC(C)=O. The summed E-state index contributed by atoms with van der Waals surface area (Å²) in [6.45, 7) is 2.93. The number of hydrogen-bond donors (Lipinski definition) is 2. The number of aliphatic hydroxyl groups excluding tert-OH is 2. The Labute approximate surface area is 186 Å². The Morgan fingerprint density at radius 3 is 2.03 bits per heavy atom. The van der Waals surface area contributed by atoms with E-state index < -0.39 is 24.1 Å². The molecule has 174 valence electrons. The van der Waals surface area contributed by atoms with Gasteiger partial charge in [0.05, 0.1) is 6.10 Å². The standard InChI is InChI=1S/C25H38O6/c1-3-4-5-6-7-8-9-10-11-12-13-14-15-17-23(27)18-16-19-25(29)31-21-24(28)20-30-22(2)26/h4-5,7-8,10-11,13-15,17,23-24,27-28H,3,6,9,12,16,18-21H2,1-2H3/b5-4-,8-7-,11-10-,14-13-,17-15+/t23?,24-/m1/s1. The first-order valence-electron chi connectivity index (χ1n) is 10.9. The van der Waals surface area contributed by atoms with Crippen molar-refractivity contribution in [3.05, 3.63) is 60.8 Å². The molecule has 0 fully saturated rings. The van der Waals surface area contributed by atoms with Crippen LogP contribution in [0, 0.1) is 0 Å². The fraction of sp³-hybridized carbons (Fsp3) is 0.520. The first kappa shape index (κ1) is 28.6. The Kier molecular flexibility index (Phi) is 19.2. The van der Waals surface area contributed by atoms with Crippen LogP contribution in [0.5, 0.6) is 0 Å². The van der Waals surface area contributed by atoms with Gasteiger partial charge in [0, 0.05) is 13.3 Å². The molecule has 0 aromatic carbocycles. The summed E-state index contributed by atoms with van der Waals surface area (Å²) in [5.41, 5.74) is 0. The van der Waals surface area contributed by atoms with Crippen LogP contribution in [-0.2, 0) is 19.1 Å². The summed E-state index contributed by atoms with van der Waals surface area (Å²) in [6, 6.07) is 0. The van der Waals surface area contributed by atoms with Crippen molar-refractivity contribution in [1.29, 1.82) is 0 Å². The lowest BCUT2D eigenvalue weighted by molar-refractivity contribution is -0.151. The molecule has 0 aliphatic rings. The molecule has 0 aliphatic carbocycles. The third-order valence-corrected chi connectivity index (χ3v) is 3.93. The van der Waals surface area contributed by atoms with E-state index in [0.29, 0.717) is 12.8 Å². The predicted molar refractivity (Wildman–Crippen MR) is 123 cm³/mol. The molecule has 6 heteroatoms. The van der Waals surface area contributed by atoms with Crippen molar-refractivity contribution in [2.45, 2.75) is 71.0 Å². The molecule has 0 heterocycles. The molecule has 1 unspecified atom stereocenters. The zero-order valence-electron chi connectivity index (χ0n) is 18.8. The van der Waals surface area contributed by atoms with E-state index in [1.54, 1.807) is 12.2 Å².